The van der Waals surface area contributed by atoms with Crippen LogP contribution in [0.25, 0.3) is 11.1 Å². The molecule has 1 fully saturated rings. The Kier molecular flexibility index (Phi) is 2.85. The van der Waals surface area contributed by atoms with Crippen molar-refractivity contribution in [3.63, 3.8) is 0 Å². The zero-order chi connectivity index (χ0) is 14.3. The van der Waals surface area contributed by atoms with E-state index in [0.29, 0.717) is 5.75 Å². The molecule has 0 unspecified atom stereocenters. The third-order valence-corrected chi connectivity index (χ3v) is 4.91. The van der Waals surface area contributed by atoms with Gasteiger partial charge in [-0.25, -0.2) is 0 Å². The van der Waals surface area contributed by atoms with E-state index >= 15 is 0 Å². The van der Waals surface area contributed by atoms with Gasteiger partial charge in [0.2, 0.25) is 0 Å². The Morgan fingerprint density at radius 3 is 2.52 bits per heavy atom. The van der Waals surface area contributed by atoms with Crippen molar-refractivity contribution in [2.75, 3.05) is 0 Å². The summed E-state index contributed by atoms with van der Waals surface area (Å²) in [5.74, 6) is 0.316. The third-order valence-electron chi connectivity index (χ3n) is 4.91. The normalized spacial score (nSPS) is 18.9. The lowest BCUT2D eigenvalue weighted by molar-refractivity contribution is 0.391. The van der Waals surface area contributed by atoms with E-state index < -0.39 is 0 Å². The van der Waals surface area contributed by atoms with Gasteiger partial charge >= 0.3 is 0 Å². The topological polar surface area (TPSA) is 32.6 Å². The lowest BCUT2D eigenvalue weighted by Crippen LogP contribution is -2.28. The Hall–Kier alpha value is -2.09. The van der Waals surface area contributed by atoms with Gasteiger partial charge < -0.3 is 5.11 Å². The van der Waals surface area contributed by atoms with Gasteiger partial charge in [0, 0.05) is 11.6 Å². The summed E-state index contributed by atoms with van der Waals surface area (Å²) in [5, 5.41) is 9.69. The van der Waals surface area contributed by atoms with E-state index in [4.69, 9.17) is 0 Å². The molecule has 2 nitrogen and oxygen atoms in total. The molecule has 0 aromatic heterocycles. The number of phenols is 1. The van der Waals surface area contributed by atoms with Gasteiger partial charge in [-0.3, -0.25) is 4.99 Å². The predicted octanol–water partition coefficient (Wildman–Crippen LogP) is 4.98. The van der Waals surface area contributed by atoms with Crippen molar-refractivity contribution in [2.45, 2.75) is 37.5 Å². The fourth-order valence-electron chi connectivity index (χ4n) is 3.76. The van der Waals surface area contributed by atoms with Gasteiger partial charge in [-0.1, -0.05) is 37.5 Å². The molecular formula is C19H19NO. The summed E-state index contributed by atoms with van der Waals surface area (Å²) in [5.41, 5.74) is 4.90. The second-order valence-corrected chi connectivity index (χ2v) is 6.26. The molecule has 2 aromatic rings. The predicted molar refractivity (Wildman–Crippen MR) is 86.5 cm³/mol. The highest BCUT2D eigenvalue weighted by atomic mass is 16.3. The number of fused-ring (bicyclic) bond motifs is 2. The van der Waals surface area contributed by atoms with Crippen LogP contribution in [0.1, 0.15) is 37.7 Å². The van der Waals surface area contributed by atoms with Crippen molar-refractivity contribution in [2.24, 2.45) is 4.99 Å². The smallest absolute Gasteiger partial charge is 0.116 e. The minimum absolute atomic E-state index is 0.167. The van der Waals surface area contributed by atoms with E-state index in [2.05, 4.69) is 29.4 Å². The summed E-state index contributed by atoms with van der Waals surface area (Å²) >= 11 is 0. The quantitative estimate of drug-likeness (QED) is 0.783. The fourth-order valence-corrected chi connectivity index (χ4v) is 3.76. The molecule has 2 aliphatic rings. The van der Waals surface area contributed by atoms with Crippen LogP contribution in [-0.4, -0.2) is 11.3 Å². The molecule has 1 aliphatic heterocycles. The maximum Gasteiger partial charge on any atom is 0.116 e. The monoisotopic (exact) mass is 277 g/mol. The molecule has 2 aromatic carbocycles. The first-order valence-electron chi connectivity index (χ1n) is 7.76. The first-order valence-corrected chi connectivity index (χ1v) is 7.76. The van der Waals surface area contributed by atoms with Crippen LogP contribution in [0, 0.1) is 0 Å². The molecule has 0 atom stereocenters. The van der Waals surface area contributed by atoms with Crippen LogP contribution >= 0.6 is 0 Å². The highest BCUT2D eigenvalue weighted by Crippen LogP contribution is 2.47. The summed E-state index contributed by atoms with van der Waals surface area (Å²) in [6.45, 7) is 0. The maximum atomic E-state index is 9.69. The number of phenolic OH excluding ortho intramolecular Hbond substituents is 1. The van der Waals surface area contributed by atoms with Gasteiger partial charge in [-0.05, 0) is 53.8 Å². The van der Waals surface area contributed by atoms with E-state index in [0.717, 1.165) is 11.3 Å². The molecule has 1 heterocycles. The summed E-state index contributed by atoms with van der Waals surface area (Å²) < 4.78 is 0. The van der Waals surface area contributed by atoms with Crippen LogP contribution in [0.3, 0.4) is 0 Å². The van der Waals surface area contributed by atoms with Gasteiger partial charge in [0.25, 0.3) is 0 Å². The number of hydrogen-bond donors (Lipinski definition) is 1. The zero-order valence-corrected chi connectivity index (χ0v) is 12.0. The van der Waals surface area contributed by atoms with Crippen LogP contribution < -0.4 is 0 Å². The maximum absolute atomic E-state index is 9.69. The van der Waals surface area contributed by atoms with Gasteiger partial charge in [-0.15, -0.1) is 0 Å². The van der Waals surface area contributed by atoms with Crippen LogP contribution in [0.5, 0.6) is 5.75 Å². The van der Waals surface area contributed by atoms with Crippen LogP contribution in [0.15, 0.2) is 47.5 Å². The Labute approximate surface area is 125 Å². The van der Waals surface area contributed by atoms with E-state index in [1.54, 1.807) is 6.07 Å². The van der Waals surface area contributed by atoms with Crippen molar-refractivity contribution in [1.82, 2.24) is 0 Å². The Bertz CT molecular complexity index is 711. The molecule has 0 bridgehead atoms. The summed E-state index contributed by atoms with van der Waals surface area (Å²) in [6.07, 6.45) is 8.55. The molecular weight excluding hydrogens is 258 g/mol. The molecule has 21 heavy (non-hydrogen) atoms. The van der Waals surface area contributed by atoms with E-state index in [1.165, 1.54) is 43.2 Å². The molecule has 0 radical (unpaired) electrons. The molecule has 1 N–H and O–H groups in total. The summed E-state index contributed by atoms with van der Waals surface area (Å²) in [6, 6.07) is 14.0. The number of rotatable bonds is 1. The summed E-state index contributed by atoms with van der Waals surface area (Å²) in [7, 11) is 0. The van der Waals surface area contributed by atoms with Gasteiger partial charge in [0.05, 0.1) is 5.69 Å². The Balaban J connectivity index is 1.79. The highest BCUT2D eigenvalue weighted by Gasteiger charge is 2.37. The second kappa shape index (κ2) is 4.73. The lowest BCUT2D eigenvalue weighted by atomic mass is 9.70. The van der Waals surface area contributed by atoms with Crippen LogP contribution in [0.2, 0.25) is 0 Å². The number of hydrogen-bond acceptors (Lipinski definition) is 2. The van der Waals surface area contributed by atoms with E-state index in [9.17, 15) is 5.11 Å². The third kappa shape index (κ3) is 2.06. The Morgan fingerprint density at radius 2 is 1.71 bits per heavy atom. The highest BCUT2D eigenvalue weighted by molar-refractivity contribution is 5.87. The largest absolute Gasteiger partial charge is 0.508 e. The van der Waals surface area contributed by atoms with Crippen LogP contribution in [0.4, 0.5) is 5.69 Å². The molecule has 1 saturated carbocycles. The minimum Gasteiger partial charge on any atom is -0.508 e. The molecule has 0 amide bonds. The fraction of sp³-hybridized carbons (Fsp3) is 0.316. The van der Waals surface area contributed by atoms with Gasteiger partial charge in [0.1, 0.15) is 5.75 Å². The molecule has 0 saturated heterocycles. The zero-order valence-electron chi connectivity index (χ0n) is 12.0. The average molecular weight is 277 g/mol. The molecule has 2 heteroatoms. The van der Waals surface area contributed by atoms with E-state index in [1.807, 2.05) is 18.2 Å². The van der Waals surface area contributed by atoms with Gasteiger partial charge in [-0.2, -0.15) is 0 Å². The second-order valence-electron chi connectivity index (χ2n) is 6.26. The molecule has 1 aliphatic carbocycles. The lowest BCUT2D eigenvalue weighted by Gasteiger charge is -2.32. The number of aliphatic imine (C=N–C) groups is 1. The molecule has 4 rings (SSSR count). The first kappa shape index (κ1) is 12.6. The number of benzene rings is 2. The SMILES string of the molecule is Oc1cccc(-c2ccc3c(c2)C2(C=N3)CCCCC2)c1. The summed E-state index contributed by atoms with van der Waals surface area (Å²) in [4.78, 5) is 4.65. The van der Waals surface area contributed by atoms with Gasteiger partial charge in [0.15, 0.2) is 0 Å². The van der Waals surface area contributed by atoms with Crippen LogP contribution in [-0.2, 0) is 5.41 Å². The Morgan fingerprint density at radius 1 is 0.905 bits per heavy atom. The van der Waals surface area contributed by atoms with Crippen molar-refractivity contribution in [3.8, 4) is 16.9 Å². The first-order chi connectivity index (χ1) is 10.3. The number of aromatic hydroxyl groups is 1. The minimum atomic E-state index is 0.167. The van der Waals surface area contributed by atoms with Crippen molar-refractivity contribution in [3.05, 3.63) is 48.0 Å². The molecule has 106 valence electrons. The average Bonchev–Trinajstić information content (AvgIpc) is 2.86. The standard InChI is InChI=1S/C19H19NO/c21-16-6-4-5-14(11-16)15-7-8-18-17(12-15)19(13-20-18)9-2-1-3-10-19/h4-8,11-13,21H,1-3,9-10H2. The molecule has 1 spiro atoms. The van der Waals surface area contributed by atoms with Crippen molar-refractivity contribution in [1.29, 1.82) is 0 Å². The number of nitrogens with zero attached hydrogens (tertiary/aromatic N) is 1. The van der Waals surface area contributed by atoms with Crippen molar-refractivity contribution >= 4 is 11.9 Å². The van der Waals surface area contributed by atoms with Crippen molar-refractivity contribution < 1.29 is 5.11 Å². The van der Waals surface area contributed by atoms with E-state index in [-0.39, 0.29) is 5.41 Å².